The van der Waals surface area contributed by atoms with E-state index in [1.807, 2.05) is 24.3 Å². The largest absolute Gasteiger partial charge is 0.496 e. The molecule has 3 rings (SSSR count). The Hall–Kier alpha value is -2.47. The van der Waals surface area contributed by atoms with Gasteiger partial charge in [0.2, 0.25) is 0 Å². The minimum Gasteiger partial charge on any atom is -0.496 e. The Morgan fingerprint density at radius 1 is 1.22 bits per heavy atom. The molecule has 4 nitrogen and oxygen atoms in total. The Labute approximate surface area is 137 Å². The fourth-order valence-electron chi connectivity index (χ4n) is 2.21. The van der Waals surface area contributed by atoms with Crippen LogP contribution in [0, 0.1) is 5.82 Å². The van der Waals surface area contributed by atoms with Crippen LogP contribution in [0.2, 0.25) is 0 Å². The molecule has 1 heterocycles. The average Bonchev–Trinajstić information content (AvgIpc) is 2.90. The quantitative estimate of drug-likeness (QED) is 0.843. The number of carbonyl (C=O) groups excluding carboxylic acids is 1. The van der Waals surface area contributed by atoms with E-state index < -0.39 is 5.50 Å². The van der Waals surface area contributed by atoms with E-state index >= 15 is 0 Å². The lowest BCUT2D eigenvalue weighted by Crippen LogP contribution is -2.31. The molecule has 1 unspecified atom stereocenters. The number of methoxy groups -OCH3 is 1. The van der Waals surface area contributed by atoms with Crippen LogP contribution in [0.25, 0.3) is 6.08 Å². The molecule has 0 spiro atoms. The number of hydrogen-bond donors (Lipinski definition) is 2. The molecule has 0 bridgehead atoms. The summed E-state index contributed by atoms with van der Waals surface area (Å²) in [6.45, 7) is 0. The third-order valence-corrected chi connectivity index (χ3v) is 4.35. The van der Waals surface area contributed by atoms with Crippen molar-refractivity contribution < 1.29 is 13.9 Å². The number of benzene rings is 2. The van der Waals surface area contributed by atoms with E-state index in [0.29, 0.717) is 16.3 Å². The van der Waals surface area contributed by atoms with E-state index in [2.05, 4.69) is 10.6 Å². The number of anilines is 1. The maximum atomic E-state index is 13.7. The van der Waals surface area contributed by atoms with Crippen LogP contribution in [0.4, 0.5) is 10.1 Å². The lowest BCUT2D eigenvalue weighted by molar-refractivity contribution is -0.116. The summed E-state index contributed by atoms with van der Waals surface area (Å²) in [5.74, 6) is 0.137. The number of hydrogen-bond acceptors (Lipinski definition) is 4. The summed E-state index contributed by atoms with van der Waals surface area (Å²) in [6, 6.07) is 13.8. The van der Waals surface area contributed by atoms with Gasteiger partial charge in [0.25, 0.3) is 5.91 Å². The van der Waals surface area contributed by atoms with Gasteiger partial charge in [-0.25, -0.2) is 4.39 Å². The zero-order chi connectivity index (χ0) is 16.2. The molecule has 1 fully saturated rings. The highest BCUT2D eigenvalue weighted by molar-refractivity contribution is 8.05. The summed E-state index contributed by atoms with van der Waals surface area (Å²) in [7, 11) is 1.59. The molecule has 0 aromatic heterocycles. The van der Waals surface area contributed by atoms with Gasteiger partial charge in [0.1, 0.15) is 11.6 Å². The number of nitrogens with one attached hydrogen (secondary N) is 2. The number of rotatable bonds is 4. The van der Waals surface area contributed by atoms with Crippen molar-refractivity contribution in [2.75, 3.05) is 12.4 Å². The van der Waals surface area contributed by atoms with E-state index in [1.165, 1.54) is 17.8 Å². The Balaban J connectivity index is 1.77. The zero-order valence-corrected chi connectivity index (χ0v) is 13.2. The molecule has 1 aliphatic heterocycles. The van der Waals surface area contributed by atoms with Gasteiger partial charge in [0.15, 0.2) is 5.50 Å². The van der Waals surface area contributed by atoms with Crippen LogP contribution in [-0.4, -0.2) is 18.5 Å². The van der Waals surface area contributed by atoms with Crippen LogP contribution in [0.3, 0.4) is 0 Å². The first-order valence-electron chi connectivity index (χ1n) is 7.00. The summed E-state index contributed by atoms with van der Waals surface area (Å²) >= 11 is 1.30. The van der Waals surface area contributed by atoms with E-state index in [9.17, 15) is 9.18 Å². The van der Waals surface area contributed by atoms with Crippen LogP contribution >= 0.6 is 11.8 Å². The van der Waals surface area contributed by atoms with Gasteiger partial charge in [-0.1, -0.05) is 42.1 Å². The zero-order valence-electron chi connectivity index (χ0n) is 12.4. The number of carbonyl (C=O) groups is 1. The number of ether oxygens (including phenoxy) is 1. The predicted molar refractivity (Wildman–Crippen MR) is 90.5 cm³/mol. The van der Waals surface area contributed by atoms with E-state index in [0.717, 1.165) is 5.56 Å². The second kappa shape index (κ2) is 6.75. The summed E-state index contributed by atoms with van der Waals surface area (Å²) in [5, 5.41) is 5.74. The van der Waals surface area contributed by atoms with E-state index in [1.54, 1.807) is 31.4 Å². The molecular formula is C17H15FN2O2S. The first kappa shape index (κ1) is 15.4. The molecule has 6 heteroatoms. The summed E-state index contributed by atoms with van der Waals surface area (Å²) < 4.78 is 18.9. The highest BCUT2D eigenvalue weighted by Crippen LogP contribution is 2.32. The minimum absolute atomic E-state index is 0.199. The van der Waals surface area contributed by atoms with Crippen LogP contribution in [0.1, 0.15) is 5.56 Å². The van der Waals surface area contributed by atoms with Gasteiger partial charge in [-0.05, 0) is 24.3 Å². The van der Waals surface area contributed by atoms with Gasteiger partial charge in [0, 0.05) is 5.56 Å². The van der Waals surface area contributed by atoms with Gasteiger partial charge in [-0.15, -0.1) is 0 Å². The van der Waals surface area contributed by atoms with Crippen molar-refractivity contribution in [2.45, 2.75) is 5.50 Å². The molecular weight excluding hydrogens is 315 g/mol. The second-order valence-electron chi connectivity index (χ2n) is 4.85. The third kappa shape index (κ3) is 3.48. The normalized spacial score (nSPS) is 18.8. The van der Waals surface area contributed by atoms with Crippen LogP contribution in [-0.2, 0) is 4.79 Å². The Morgan fingerprint density at radius 2 is 1.96 bits per heavy atom. The molecule has 2 aromatic carbocycles. The molecule has 0 radical (unpaired) electrons. The molecule has 118 valence electrons. The molecule has 2 aromatic rings. The maximum absolute atomic E-state index is 13.7. The maximum Gasteiger partial charge on any atom is 0.260 e. The SMILES string of the molecule is COc1ccccc1/C=C1\SC(Nc2ccccc2F)NC1=O. The highest BCUT2D eigenvalue weighted by atomic mass is 32.2. The number of thioether (sulfide) groups is 1. The first-order chi connectivity index (χ1) is 11.2. The Bertz CT molecular complexity index is 764. The molecule has 1 amide bonds. The monoisotopic (exact) mass is 330 g/mol. The van der Waals surface area contributed by atoms with Crippen molar-refractivity contribution in [1.29, 1.82) is 0 Å². The molecule has 0 saturated carbocycles. The standard InChI is InChI=1S/C17H15FN2O2S/c1-22-14-9-5-2-6-11(14)10-15-16(21)20-17(23-15)19-13-8-4-3-7-12(13)18/h2-10,17,19H,1H3,(H,20,21)/b15-10-. The van der Waals surface area contributed by atoms with Crippen molar-refractivity contribution in [3.05, 3.63) is 64.8 Å². The summed E-state index contributed by atoms with van der Waals surface area (Å²) in [5.41, 5.74) is 0.753. The molecule has 1 saturated heterocycles. The summed E-state index contributed by atoms with van der Waals surface area (Å²) in [4.78, 5) is 12.6. The smallest absolute Gasteiger partial charge is 0.260 e. The number of amides is 1. The van der Waals surface area contributed by atoms with Crippen molar-refractivity contribution in [3.8, 4) is 5.75 Å². The number of para-hydroxylation sites is 2. The van der Waals surface area contributed by atoms with E-state index in [4.69, 9.17) is 4.74 Å². The van der Waals surface area contributed by atoms with Crippen molar-refractivity contribution in [2.24, 2.45) is 0 Å². The molecule has 1 aliphatic rings. The average molecular weight is 330 g/mol. The Kier molecular flexibility index (Phi) is 4.52. The van der Waals surface area contributed by atoms with Gasteiger partial charge >= 0.3 is 0 Å². The highest BCUT2D eigenvalue weighted by Gasteiger charge is 2.27. The Morgan fingerprint density at radius 3 is 2.74 bits per heavy atom. The molecule has 1 atom stereocenters. The lowest BCUT2D eigenvalue weighted by Gasteiger charge is -2.13. The van der Waals surface area contributed by atoms with Crippen LogP contribution in [0.5, 0.6) is 5.75 Å². The second-order valence-corrected chi connectivity index (χ2v) is 5.99. The van der Waals surface area contributed by atoms with Crippen molar-refractivity contribution >= 4 is 29.4 Å². The van der Waals surface area contributed by atoms with Crippen LogP contribution in [0.15, 0.2) is 53.4 Å². The molecule has 23 heavy (non-hydrogen) atoms. The van der Waals surface area contributed by atoms with Gasteiger partial charge < -0.3 is 15.4 Å². The van der Waals surface area contributed by atoms with Crippen molar-refractivity contribution in [1.82, 2.24) is 5.32 Å². The van der Waals surface area contributed by atoms with Gasteiger partial charge in [0.05, 0.1) is 17.7 Å². The lowest BCUT2D eigenvalue weighted by atomic mass is 10.2. The summed E-state index contributed by atoms with van der Waals surface area (Å²) in [6.07, 6.45) is 1.77. The minimum atomic E-state index is -0.416. The fourth-order valence-corrected chi connectivity index (χ4v) is 3.18. The van der Waals surface area contributed by atoms with Gasteiger partial charge in [-0.3, -0.25) is 4.79 Å². The fraction of sp³-hybridized carbons (Fsp3) is 0.118. The predicted octanol–water partition coefficient (Wildman–Crippen LogP) is 3.43. The topological polar surface area (TPSA) is 50.4 Å². The first-order valence-corrected chi connectivity index (χ1v) is 7.88. The number of halogens is 1. The van der Waals surface area contributed by atoms with Crippen molar-refractivity contribution in [3.63, 3.8) is 0 Å². The molecule has 2 N–H and O–H groups in total. The van der Waals surface area contributed by atoms with E-state index in [-0.39, 0.29) is 11.7 Å². The molecule has 0 aliphatic carbocycles. The third-order valence-electron chi connectivity index (χ3n) is 3.32. The van der Waals surface area contributed by atoms with Crippen LogP contribution < -0.4 is 15.4 Å². The van der Waals surface area contributed by atoms with Gasteiger partial charge in [-0.2, -0.15) is 0 Å².